The molecule has 0 aromatic heterocycles. The van der Waals surface area contributed by atoms with Crippen molar-refractivity contribution in [3.63, 3.8) is 0 Å². The van der Waals surface area contributed by atoms with Crippen LogP contribution in [0.5, 0.6) is 0 Å². The van der Waals surface area contributed by atoms with Crippen LogP contribution in [-0.2, 0) is 0 Å². The monoisotopic (exact) mass is 219 g/mol. The predicted octanol–water partition coefficient (Wildman–Crippen LogP) is 2.10. The number of hydrogen-bond donors (Lipinski definition) is 1. The standard InChI is InChI=1S/C11H22ClNO/c1-10(4-6-12)5-7-13(8-9-14)11-2-3-11/h10-11,14H,2-9H2,1H3. The van der Waals surface area contributed by atoms with E-state index in [1.54, 1.807) is 0 Å². The molecule has 14 heavy (non-hydrogen) atoms. The minimum Gasteiger partial charge on any atom is -0.395 e. The molecule has 0 amide bonds. The maximum atomic E-state index is 8.92. The average molecular weight is 220 g/mol. The molecule has 1 aliphatic carbocycles. The molecule has 0 radical (unpaired) electrons. The fourth-order valence-corrected chi connectivity index (χ4v) is 2.13. The van der Waals surface area contributed by atoms with Gasteiger partial charge in [0, 0.05) is 18.5 Å². The summed E-state index contributed by atoms with van der Waals surface area (Å²) in [4.78, 5) is 2.42. The van der Waals surface area contributed by atoms with Crippen LogP contribution in [0.15, 0.2) is 0 Å². The molecule has 0 aromatic rings. The summed E-state index contributed by atoms with van der Waals surface area (Å²) >= 11 is 5.69. The van der Waals surface area contributed by atoms with Gasteiger partial charge in [-0.2, -0.15) is 0 Å². The average Bonchev–Trinajstić information content (AvgIpc) is 2.96. The van der Waals surface area contributed by atoms with Crippen molar-refractivity contribution < 1.29 is 5.11 Å². The van der Waals surface area contributed by atoms with Crippen LogP contribution in [-0.4, -0.2) is 41.6 Å². The van der Waals surface area contributed by atoms with Gasteiger partial charge in [0.25, 0.3) is 0 Å². The summed E-state index contributed by atoms with van der Waals surface area (Å²) in [6.45, 7) is 4.52. The molecule has 2 nitrogen and oxygen atoms in total. The van der Waals surface area contributed by atoms with E-state index in [-0.39, 0.29) is 0 Å². The molecule has 1 unspecified atom stereocenters. The van der Waals surface area contributed by atoms with Crippen LogP contribution >= 0.6 is 11.6 Å². The van der Waals surface area contributed by atoms with Crippen molar-refractivity contribution in [1.29, 1.82) is 0 Å². The van der Waals surface area contributed by atoms with Crippen LogP contribution in [0.2, 0.25) is 0 Å². The van der Waals surface area contributed by atoms with E-state index in [0.717, 1.165) is 31.4 Å². The molecule has 3 heteroatoms. The van der Waals surface area contributed by atoms with Crippen LogP contribution in [0.25, 0.3) is 0 Å². The van der Waals surface area contributed by atoms with Crippen molar-refractivity contribution >= 4 is 11.6 Å². The first-order valence-electron chi connectivity index (χ1n) is 5.68. The molecule has 0 aromatic carbocycles. The SMILES string of the molecule is CC(CCCl)CCN(CCO)C1CC1. The number of hydrogen-bond acceptors (Lipinski definition) is 2. The number of alkyl halides is 1. The first-order valence-corrected chi connectivity index (χ1v) is 6.22. The highest BCUT2D eigenvalue weighted by atomic mass is 35.5. The zero-order chi connectivity index (χ0) is 10.4. The lowest BCUT2D eigenvalue weighted by Gasteiger charge is -2.22. The molecular formula is C11H22ClNO. The van der Waals surface area contributed by atoms with Crippen molar-refractivity contribution in [2.24, 2.45) is 5.92 Å². The van der Waals surface area contributed by atoms with Crippen molar-refractivity contribution in [2.45, 2.75) is 38.6 Å². The second-order valence-electron chi connectivity index (χ2n) is 4.36. The number of halogens is 1. The van der Waals surface area contributed by atoms with E-state index in [2.05, 4.69) is 11.8 Å². The first kappa shape index (κ1) is 12.3. The second kappa shape index (κ2) is 6.65. The second-order valence-corrected chi connectivity index (χ2v) is 4.74. The lowest BCUT2D eigenvalue weighted by Crippen LogP contribution is -2.31. The summed E-state index contributed by atoms with van der Waals surface area (Å²) in [5, 5.41) is 8.92. The number of rotatable bonds is 8. The Bertz CT molecular complexity index is 150. The van der Waals surface area contributed by atoms with Crippen LogP contribution in [0, 0.1) is 5.92 Å². The Labute approximate surface area is 92.2 Å². The Morgan fingerprint density at radius 2 is 2.07 bits per heavy atom. The van der Waals surface area contributed by atoms with Crippen molar-refractivity contribution in [3.8, 4) is 0 Å². The molecule has 0 heterocycles. The topological polar surface area (TPSA) is 23.5 Å². The van der Waals surface area contributed by atoms with Gasteiger partial charge in [-0.05, 0) is 38.1 Å². The van der Waals surface area contributed by atoms with Crippen LogP contribution in [0.1, 0.15) is 32.6 Å². The van der Waals surface area contributed by atoms with Crippen LogP contribution < -0.4 is 0 Å². The van der Waals surface area contributed by atoms with Gasteiger partial charge in [-0.3, -0.25) is 4.90 Å². The van der Waals surface area contributed by atoms with E-state index in [1.165, 1.54) is 19.3 Å². The van der Waals surface area contributed by atoms with Gasteiger partial charge in [0.2, 0.25) is 0 Å². The van der Waals surface area contributed by atoms with Gasteiger partial charge >= 0.3 is 0 Å². The highest BCUT2D eigenvalue weighted by Gasteiger charge is 2.28. The highest BCUT2D eigenvalue weighted by molar-refractivity contribution is 6.17. The summed E-state index contributed by atoms with van der Waals surface area (Å²) < 4.78 is 0. The number of aliphatic hydroxyl groups is 1. The van der Waals surface area contributed by atoms with Crippen molar-refractivity contribution in [3.05, 3.63) is 0 Å². The minimum atomic E-state index is 0.292. The van der Waals surface area contributed by atoms with Crippen molar-refractivity contribution in [2.75, 3.05) is 25.6 Å². The van der Waals surface area contributed by atoms with Gasteiger partial charge in [-0.15, -0.1) is 11.6 Å². The Morgan fingerprint density at radius 1 is 1.36 bits per heavy atom. The van der Waals surface area contributed by atoms with E-state index in [0.29, 0.717) is 12.5 Å². The molecule has 1 fully saturated rings. The Balaban J connectivity index is 2.12. The molecular weight excluding hydrogens is 198 g/mol. The fraction of sp³-hybridized carbons (Fsp3) is 1.00. The normalized spacial score (nSPS) is 18.9. The smallest absolute Gasteiger partial charge is 0.0558 e. The summed E-state index contributed by atoms with van der Waals surface area (Å²) in [6.07, 6.45) is 4.97. The largest absolute Gasteiger partial charge is 0.395 e. The zero-order valence-electron chi connectivity index (χ0n) is 9.08. The van der Waals surface area contributed by atoms with Gasteiger partial charge in [0.15, 0.2) is 0 Å². The number of aliphatic hydroxyl groups excluding tert-OH is 1. The van der Waals surface area contributed by atoms with Gasteiger partial charge in [-0.25, -0.2) is 0 Å². The summed E-state index contributed by atoms with van der Waals surface area (Å²) in [5.74, 6) is 1.48. The molecule has 1 rings (SSSR count). The lowest BCUT2D eigenvalue weighted by molar-refractivity contribution is 0.181. The molecule has 1 aliphatic rings. The lowest BCUT2D eigenvalue weighted by atomic mass is 10.1. The van der Waals surface area contributed by atoms with Gasteiger partial charge in [0.1, 0.15) is 0 Å². The van der Waals surface area contributed by atoms with E-state index in [1.807, 2.05) is 0 Å². The zero-order valence-corrected chi connectivity index (χ0v) is 9.84. The maximum absolute atomic E-state index is 8.92. The highest BCUT2D eigenvalue weighted by Crippen LogP contribution is 2.27. The first-order chi connectivity index (χ1) is 6.77. The van der Waals surface area contributed by atoms with E-state index in [9.17, 15) is 0 Å². The molecule has 0 spiro atoms. The Morgan fingerprint density at radius 3 is 2.57 bits per heavy atom. The molecule has 1 N–H and O–H groups in total. The van der Waals surface area contributed by atoms with Gasteiger partial charge in [-0.1, -0.05) is 6.92 Å². The van der Waals surface area contributed by atoms with Crippen LogP contribution in [0.4, 0.5) is 0 Å². The molecule has 0 saturated heterocycles. The fourth-order valence-electron chi connectivity index (χ4n) is 1.76. The third-order valence-corrected chi connectivity index (χ3v) is 3.18. The molecule has 84 valence electrons. The molecule has 1 saturated carbocycles. The quantitative estimate of drug-likeness (QED) is 0.632. The van der Waals surface area contributed by atoms with E-state index in [4.69, 9.17) is 16.7 Å². The van der Waals surface area contributed by atoms with E-state index < -0.39 is 0 Å². The van der Waals surface area contributed by atoms with Crippen molar-refractivity contribution in [1.82, 2.24) is 4.90 Å². The maximum Gasteiger partial charge on any atom is 0.0558 e. The molecule has 0 bridgehead atoms. The van der Waals surface area contributed by atoms with Gasteiger partial charge in [0.05, 0.1) is 6.61 Å². The third kappa shape index (κ3) is 4.63. The van der Waals surface area contributed by atoms with E-state index >= 15 is 0 Å². The Hall–Kier alpha value is 0.210. The van der Waals surface area contributed by atoms with Gasteiger partial charge < -0.3 is 5.11 Å². The number of nitrogens with zero attached hydrogens (tertiary/aromatic N) is 1. The predicted molar refractivity (Wildman–Crippen MR) is 60.8 cm³/mol. The molecule has 1 atom stereocenters. The summed E-state index contributed by atoms with van der Waals surface area (Å²) in [7, 11) is 0. The minimum absolute atomic E-state index is 0.292. The van der Waals surface area contributed by atoms with Crippen LogP contribution in [0.3, 0.4) is 0 Å². The Kier molecular flexibility index (Phi) is 5.83. The summed E-state index contributed by atoms with van der Waals surface area (Å²) in [5.41, 5.74) is 0. The molecule has 0 aliphatic heterocycles. The third-order valence-electron chi connectivity index (χ3n) is 2.96. The summed E-state index contributed by atoms with van der Waals surface area (Å²) in [6, 6.07) is 0.769.